The van der Waals surface area contributed by atoms with E-state index in [9.17, 15) is 4.39 Å². The Balaban J connectivity index is 1.48. The van der Waals surface area contributed by atoms with Crippen molar-refractivity contribution in [2.75, 3.05) is 44.8 Å². The molecule has 7 heteroatoms. The van der Waals surface area contributed by atoms with Gasteiger partial charge in [-0.05, 0) is 43.2 Å². The second-order valence-electron chi connectivity index (χ2n) is 7.39. The Hall–Kier alpha value is -2.80. The highest BCUT2D eigenvalue weighted by molar-refractivity contribution is 5.79. The molecule has 6 nitrogen and oxygen atoms in total. The van der Waals surface area contributed by atoms with Crippen molar-refractivity contribution >= 4 is 11.6 Å². The lowest BCUT2D eigenvalue weighted by Crippen LogP contribution is -2.41. The van der Waals surface area contributed by atoms with Crippen LogP contribution in [0.3, 0.4) is 0 Å². The van der Waals surface area contributed by atoms with E-state index in [0.717, 1.165) is 16.9 Å². The lowest BCUT2D eigenvalue weighted by atomic mass is 10.1. The first kappa shape index (κ1) is 21.9. The minimum Gasteiger partial charge on any atom is -0.489 e. The maximum Gasteiger partial charge on any atom is 0.191 e. The number of anilines is 1. The monoisotopic (exact) mass is 414 g/mol. The van der Waals surface area contributed by atoms with Crippen molar-refractivity contribution in [1.29, 1.82) is 0 Å². The first-order chi connectivity index (χ1) is 14.6. The molecular formula is C23H31FN4O2. The van der Waals surface area contributed by atoms with Gasteiger partial charge in [0.1, 0.15) is 17.7 Å². The minimum absolute atomic E-state index is 0.0325. The minimum atomic E-state index is -0.209. The van der Waals surface area contributed by atoms with Crippen LogP contribution in [-0.2, 0) is 11.3 Å². The van der Waals surface area contributed by atoms with E-state index in [-0.39, 0.29) is 11.9 Å². The van der Waals surface area contributed by atoms with Gasteiger partial charge in [-0.25, -0.2) is 4.39 Å². The fourth-order valence-corrected chi connectivity index (χ4v) is 3.31. The summed E-state index contributed by atoms with van der Waals surface area (Å²) in [5, 5.41) is 6.48. The van der Waals surface area contributed by atoms with E-state index in [1.165, 1.54) is 0 Å². The van der Waals surface area contributed by atoms with Gasteiger partial charge in [-0.2, -0.15) is 0 Å². The maximum absolute atomic E-state index is 14.6. The lowest BCUT2D eigenvalue weighted by Gasteiger charge is -2.29. The standard InChI is InChI=1S/C23H31FN4O2/c1-17-6-4-5-7-22(17)30-18(2)15-26-23(25-3)27-16-19-8-9-21(20(24)14-19)28-10-12-29-13-11-28/h4-9,14,18H,10-13,15-16H2,1-3H3,(H2,25,26,27). The van der Waals surface area contributed by atoms with Crippen LogP contribution in [0.15, 0.2) is 47.5 Å². The molecule has 1 atom stereocenters. The van der Waals surface area contributed by atoms with Crippen LogP contribution in [0.1, 0.15) is 18.1 Å². The summed E-state index contributed by atoms with van der Waals surface area (Å²) in [4.78, 5) is 6.26. The number of rotatable bonds is 7. The number of para-hydroxylation sites is 1. The molecule has 1 aliphatic heterocycles. The van der Waals surface area contributed by atoms with Crippen LogP contribution in [-0.4, -0.2) is 52.0 Å². The molecule has 0 aromatic heterocycles. The zero-order valence-corrected chi connectivity index (χ0v) is 18.0. The summed E-state index contributed by atoms with van der Waals surface area (Å²) < 4.78 is 25.9. The van der Waals surface area contributed by atoms with E-state index in [1.807, 2.05) is 55.1 Å². The van der Waals surface area contributed by atoms with Crippen LogP contribution < -0.4 is 20.3 Å². The molecule has 0 aliphatic carbocycles. The van der Waals surface area contributed by atoms with Gasteiger partial charge >= 0.3 is 0 Å². The largest absolute Gasteiger partial charge is 0.489 e. The predicted molar refractivity (Wildman–Crippen MR) is 119 cm³/mol. The molecule has 0 spiro atoms. The van der Waals surface area contributed by atoms with Gasteiger partial charge in [-0.1, -0.05) is 24.3 Å². The summed E-state index contributed by atoms with van der Waals surface area (Å²) in [6, 6.07) is 13.3. The van der Waals surface area contributed by atoms with Crippen molar-refractivity contribution in [3.8, 4) is 5.75 Å². The molecule has 1 unspecified atom stereocenters. The third-order valence-electron chi connectivity index (χ3n) is 5.03. The van der Waals surface area contributed by atoms with Crippen LogP contribution in [0.2, 0.25) is 0 Å². The quantitative estimate of drug-likeness (QED) is 0.539. The van der Waals surface area contributed by atoms with Gasteiger partial charge in [0.15, 0.2) is 5.96 Å². The summed E-state index contributed by atoms with van der Waals surface area (Å²) in [5.74, 6) is 1.32. The predicted octanol–water partition coefficient (Wildman–Crippen LogP) is 3.10. The van der Waals surface area contributed by atoms with Crippen LogP contribution in [0, 0.1) is 12.7 Å². The molecule has 2 N–H and O–H groups in total. The van der Waals surface area contributed by atoms with Gasteiger partial charge < -0.3 is 25.0 Å². The Morgan fingerprint density at radius 1 is 1.20 bits per heavy atom. The van der Waals surface area contributed by atoms with Crippen LogP contribution >= 0.6 is 0 Å². The summed E-state index contributed by atoms with van der Waals surface area (Å²) in [6.45, 7) is 7.81. The third-order valence-corrected chi connectivity index (χ3v) is 5.03. The van der Waals surface area contributed by atoms with Crippen molar-refractivity contribution in [3.05, 3.63) is 59.4 Å². The van der Waals surface area contributed by atoms with Gasteiger partial charge in [-0.3, -0.25) is 4.99 Å². The number of benzene rings is 2. The number of aryl methyl sites for hydroxylation is 1. The van der Waals surface area contributed by atoms with Crippen molar-refractivity contribution in [3.63, 3.8) is 0 Å². The molecule has 162 valence electrons. The summed E-state index contributed by atoms with van der Waals surface area (Å²) in [6.07, 6.45) is -0.0325. The highest BCUT2D eigenvalue weighted by atomic mass is 19.1. The number of hydrogen-bond donors (Lipinski definition) is 2. The molecule has 3 rings (SSSR count). The van der Waals surface area contributed by atoms with E-state index in [1.54, 1.807) is 13.1 Å². The molecule has 0 bridgehead atoms. The van der Waals surface area contributed by atoms with E-state index < -0.39 is 0 Å². The molecule has 1 fully saturated rings. The van der Waals surface area contributed by atoms with Crippen molar-refractivity contribution in [1.82, 2.24) is 10.6 Å². The lowest BCUT2D eigenvalue weighted by molar-refractivity contribution is 0.122. The molecular weight excluding hydrogens is 383 g/mol. The topological polar surface area (TPSA) is 58.1 Å². The fraction of sp³-hybridized carbons (Fsp3) is 0.435. The summed E-state index contributed by atoms with van der Waals surface area (Å²) in [5.41, 5.74) is 2.60. The highest BCUT2D eigenvalue weighted by Gasteiger charge is 2.15. The first-order valence-corrected chi connectivity index (χ1v) is 10.3. The number of halogens is 1. The molecule has 0 amide bonds. The van der Waals surface area contributed by atoms with Gasteiger partial charge in [0.2, 0.25) is 0 Å². The Morgan fingerprint density at radius 3 is 2.67 bits per heavy atom. The zero-order valence-electron chi connectivity index (χ0n) is 18.0. The molecule has 1 saturated heterocycles. The maximum atomic E-state index is 14.6. The second-order valence-corrected chi connectivity index (χ2v) is 7.39. The SMILES string of the molecule is CN=C(NCc1ccc(N2CCOCC2)c(F)c1)NCC(C)Oc1ccccc1C. The molecule has 0 radical (unpaired) electrons. The summed E-state index contributed by atoms with van der Waals surface area (Å²) >= 11 is 0. The Morgan fingerprint density at radius 2 is 1.97 bits per heavy atom. The summed E-state index contributed by atoms with van der Waals surface area (Å²) in [7, 11) is 1.71. The van der Waals surface area contributed by atoms with Crippen molar-refractivity contribution in [2.45, 2.75) is 26.5 Å². The van der Waals surface area contributed by atoms with Gasteiger partial charge in [-0.15, -0.1) is 0 Å². The fourth-order valence-electron chi connectivity index (χ4n) is 3.31. The van der Waals surface area contributed by atoms with E-state index >= 15 is 0 Å². The van der Waals surface area contributed by atoms with Gasteiger partial charge in [0.05, 0.1) is 25.4 Å². The second kappa shape index (κ2) is 10.8. The van der Waals surface area contributed by atoms with Crippen molar-refractivity contribution in [2.24, 2.45) is 4.99 Å². The number of morpholine rings is 1. The van der Waals surface area contributed by atoms with E-state index in [0.29, 0.717) is 51.0 Å². The smallest absolute Gasteiger partial charge is 0.191 e. The average Bonchev–Trinajstić information content (AvgIpc) is 2.76. The average molecular weight is 415 g/mol. The highest BCUT2D eigenvalue weighted by Crippen LogP contribution is 2.21. The first-order valence-electron chi connectivity index (χ1n) is 10.3. The van der Waals surface area contributed by atoms with Crippen LogP contribution in [0.4, 0.5) is 10.1 Å². The number of nitrogens with zero attached hydrogens (tertiary/aromatic N) is 2. The molecule has 2 aromatic carbocycles. The van der Waals surface area contributed by atoms with Crippen LogP contribution in [0.5, 0.6) is 5.75 Å². The molecule has 2 aromatic rings. The molecule has 1 heterocycles. The van der Waals surface area contributed by atoms with Crippen molar-refractivity contribution < 1.29 is 13.9 Å². The normalized spacial score (nSPS) is 15.6. The van der Waals surface area contributed by atoms with E-state index in [2.05, 4.69) is 15.6 Å². The zero-order chi connectivity index (χ0) is 21.3. The van der Waals surface area contributed by atoms with E-state index in [4.69, 9.17) is 9.47 Å². The van der Waals surface area contributed by atoms with Gasteiger partial charge in [0, 0.05) is 26.7 Å². The number of guanidine groups is 1. The molecule has 1 aliphatic rings. The molecule has 30 heavy (non-hydrogen) atoms. The number of aliphatic imine (C=N–C) groups is 1. The molecule has 0 saturated carbocycles. The third kappa shape index (κ3) is 6.10. The number of nitrogens with one attached hydrogen (secondary N) is 2. The Labute approximate surface area is 178 Å². The Kier molecular flexibility index (Phi) is 7.90. The number of hydrogen-bond acceptors (Lipinski definition) is 4. The van der Waals surface area contributed by atoms with Gasteiger partial charge in [0.25, 0.3) is 0 Å². The Bertz CT molecular complexity index is 853. The van der Waals surface area contributed by atoms with Crippen LogP contribution in [0.25, 0.3) is 0 Å². The number of ether oxygens (including phenoxy) is 2.